The Bertz CT molecular complexity index is 788. The van der Waals surface area contributed by atoms with E-state index in [0.717, 1.165) is 62.7 Å². The molecule has 0 spiro atoms. The van der Waals surface area contributed by atoms with Gasteiger partial charge in [0.15, 0.2) is 0 Å². The zero-order valence-electron chi connectivity index (χ0n) is 16.6. The molecular formula is C22H28N4O3. The molecule has 2 aliphatic rings. The van der Waals surface area contributed by atoms with Crippen LogP contribution in [-0.2, 0) is 14.3 Å². The maximum Gasteiger partial charge on any atom is 0.248 e. The Kier molecular flexibility index (Phi) is 6.69. The molecule has 0 unspecified atom stereocenters. The maximum atomic E-state index is 12.4. The van der Waals surface area contributed by atoms with Crippen molar-refractivity contribution < 1.29 is 14.3 Å². The highest BCUT2D eigenvalue weighted by atomic mass is 16.5. The van der Waals surface area contributed by atoms with E-state index in [0.29, 0.717) is 12.5 Å². The van der Waals surface area contributed by atoms with Crippen LogP contribution in [0.2, 0.25) is 0 Å². The molecule has 2 aromatic rings. The molecule has 2 aromatic heterocycles. The van der Waals surface area contributed by atoms with Gasteiger partial charge in [-0.05, 0) is 49.9 Å². The van der Waals surface area contributed by atoms with Crippen molar-refractivity contribution in [1.82, 2.24) is 14.9 Å². The van der Waals surface area contributed by atoms with E-state index in [1.165, 1.54) is 0 Å². The smallest absolute Gasteiger partial charge is 0.248 e. The summed E-state index contributed by atoms with van der Waals surface area (Å²) in [5.74, 6) is 2.00. The van der Waals surface area contributed by atoms with Gasteiger partial charge < -0.3 is 19.7 Å². The summed E-state index contributed by atoms with van der Waals surface area (Å²) in [5, 5.41) is 3.24. The number of rotatable bonds is 7. The van der Waals surface area contributed by atoms with Crippen molar-refractivity contribution in [1.29, 1.82) is 0 Å². The van der Waals surface area contributed by atoms with Crippen LogP contribution in [-0.4, -0.2) is 59.8 Å². The summed E-state index contributed by atoms with van der Waals surface area (Å²) >= 11 is 0. The predicted molar refractivity (Wildman–Crippen MR) is 110 cm³/mol. The van der Waals surface area contributed by atoms with Gasteiger partial charge in [-0.1, -0.05) is 12.1 Å². The fourth-order valence-corrected chi connectivity index (χ4v) is 3.89. The molecule has 0 radical (unpaired) electrons. The van der Waals surface area contributed by atoms with E-state index < -0.39 is 0 Å². The minimum absolute atomic E-state index is 0.0694. The molecule has 0 aromatic carbocycles. The quantitative estimate of drug-likeness (QED) is 0.775. The molecule has 154 valence electrons. The number of carbonyl (C=O) groups is 1. The Morgan fingerprint density at radius 2 is 2.00 bits per heavy atom. The van der Waals surface area contributed by atoms with Gasteiger partial charge in [0.2, 0.25) is 5.91 Å². The average molecular weight is 396 g/mol. The van der Waals surface area contributed by atoms with Gasteiger partial charge in [0.25, 0.3) is 0 Å². The molecular weight excluding hydrogens is 368 g/mol. The standard InChI is InChI=1S/C22H28N4O3/c27-22(16-28-15-18-5-4-14-29-18)26-12-9-17(10-13-26)19-6-3-8-21(24-19)25-20-7-1-2-11-23-20/h1-3,6-8,11,17-18H,4-5,9-10,12-16H2,(H,23,24,25)/t18-/m1/s1. The Morgan fingerprint density at radius 3 is 2.76 bits per heavy atom. The second-order valence-electron chi connectivity index (χ2n) is 7.59. The van der Waals surface area contributed by atoms with Crippen LogP contribution >= 0.6 is 0 Å². The number of amides is 1. The van der Waals surface area contributed by atoms with Crippen LogP contribution in [0.4, 0.5) is 11.6 Å². The van der Waals surface area contributed by atoms with Crippen LogP contribution in [0.15, 0.2) is 42.6 Å². The first-order valence-corrected chi connectivity index (χ1v) is 10.4. The normalized spacial score (nSPS) is 20.0. The summed E-state index contributed by atoms with van der Waals surface area (Å²) in [6.45, 7) is 2.95. The highest BCUT2D eigenvalue weighted by Gasteiger charge is 2.25. The first-order valence-electron chi connectivity index (χ1n) is 10.4. The third kappa shape index (κ3) is 5.52. The molecule has 1 amide bonds. The number of carbonyl (C=O) groups excluding carboxylic acids is 1. The van der Waals surface area contributed by atoms with Gasteiger partial charge in [-0.3, -0.25) is 4.79 Å². The second kappa shape index (κ2) is 9.80. The van der Waals surface area contributed by atoms with Gasteiger partial charge in [-0.15, -0.1) is 0 Å². The van der Waals surface area contributed by atoms with E-state index in [-0.39, 0.29) is 18.6 Å². The van der Waals surface area contributed by atoms with E-state index in [1.807, 2.05) is 35.2 Å². The molecule has 0 saturated carbocycles. The van der Waals surface area contributed by atoms with Crippen molar-refractivity contribution in [2.45, 2.75) is 37.7 Å². The van der Waals surface area contributed by atoms with Crippen molar-refractivity contribution in [2.24, 2.45) is 0 Å². The Balaban J connectivity index is 1.24. The van der Waals surface area contributed by atoms with Gasteiger partial charge in [0.1, 0.15) is 18.2 Å². The molecule has 2 fully saturated rings. The van der Waals surface area contributed by atoms with E-state index in [4.69, 9.17) is 14.5 Å². The number of nitrogens with one attached hydrogen (secondary N) is 1. The molecule has 29 heavy (non-hydrogen) atoms. The molecule has 0 bridgehead atoms. The number of piperidine rings is 1. The molecule has 7 nitrogen and oxygen atoms in total. The number of aromatic nitrogens is 2. The molecule has 1 N–H and O–H groups in total. The minimum Gasteiger partial charge on any atom is -0.376 e. The number of nitrogens with zero attached hydrogens (tertiary/aromatic N) is 3. The van der Waals surface area contributed by atoms with Crippen LogP contribution in [0.1, 0.15) is 37.3 Å². The van der Waals surface area contributed by atoms with Gasteiger partial charge in [0, 0.05) is 37.5 Å². The summed E-state index contributed by atoms with van der Waals surface area (Å²) in [4.78, 5) is 23.3. The largest absolute Gasteiger partial charge is 0.376 e. The molecule has 2 aliphatic heterocycles. The second-order valence-corrected chi connectivity index (χ2v) is 7.59. The van der Waals surface area contributed by atoms with Crippen LogP contribution in [0, 0.1) is 0 Å². The summed E-state index contributed by atoms with van der Waals surface area (Å²) in [6.07, 6.45) is 5.85. The minimum atomic E-state index is 0.0694. The van der Waals surface area contributed by atoms with Crippen LogP contribution in [0.5, 0.6) is 0 Å². The van der Waals surface area contributed by atoms with Crippen molar-refractivity contribution in [3.05, 3.63) is 48.3 Å². The number of likely N-dealkylation sites (tertiary alicyclic amines) is 1. The van der Waals surface area contributed by atoms with Crippen molar-refractivity contribution in [3.8, 4) is 0 Å². The van der Waals surface area contributed by atoms with Crippen LogP contribution in [0.25, 0.3) is 0 Å². The summed E-state index contributed by atoms with van der Waals surface area (Å²) in [6, 6.07) is 11.8. The average Bonchev–Trinajstić information content (AvgIpc) is 3.28. The molecule has 1 atom stereocenters. The highest BCUT2D eigenvalue weighted by molar-refractivity contribution is 5.77. The fourth-order valence-electron chi connectivity index (χ4n) is 3.89. The molecule has 4 rings (SSSR count). The summed E-state index contributed by atoms with van der Waals surface area (Å²) in [7, 11) is 0. The third-order valence-electron chi connectivity index (χ3n) is 5.51. The van der Waals surface area contributed by atoms with Crippen molar-refractivity contribution >= 4 is 17.5 Å². The van der Waals surface area contributed by atoms with E-state index in [1.54, 1.807) is 6.20 Å². The highest BCUT2D eigenvalue weighted by Crippen LogP contribution is 2.28. The van der Waals surface area contributed by atoms with E-state index in [2.05, 4.69) is 16.4 Å². The van der Waals surface area contributed by atoms with E-state index >= 15 is 0 Å². The molecule has 2 saturated heterocycles. The molecule has 4 heterocycles. The lowest BCUT2D eigenvalue weighted by atomic mass is 9.93. The summed E-state index contributed by atoms with van der Waals surface area (Å²) < 4.78 is 11.1. The SMILES string of the molecule is O=C(COC[C@H]1CCCO1)N1CCC(c2cccc(Nc3ccccn3)n2)CC1. The topological polar surface area (TPSA) is 76.6 Å². The Morgan fingerprint density at radius 1 is 1.14 bits per heavy atom. The van der Waals surface area contributed by atoms with Crippen molar-refractivity contribution in [2.75, 3.05) is 38.2 Å². The number of pyridine rings is 2. The zero-order valence-corrected chi connectivity index (χ0v) is 16.6. The lowest BCUT2D eigenvalue weighted by molar-refractivity contribution is -0.138. The number of hydrogen-bond donors (Lipinski definition) is 1. The number of hydrogen-bond acceptors (Lipinski definition) is 6. The Labute approximate surface area is 171 Å². The van der Waals surface area contributed by atoms with Gasteiger partial charge in [-0.2, -0.15) is 0 Å². The first kappa shape index (κ1) is 19.8. The van der Waals surface area contributed by atoms with Gasteiger partial charge in [-0.25, -0.2) is 9.97 Å². The lowest BCUT2D eigenvalue weighted by Crippen LogP contribution is -2.40. The lowest BCUT2D eigenvalue weighted by Gasteiger charge is -2.32. The number of anilines is 2. The monoisotopic (exact) mass is 396 g/mol. The zero-order chi connectivity index (χ0) is 19.9. The van der Waals surface area contributed by atoms with Gasteiger partial charge >= 0.3 is 0 Å². The fraction of sp³-hybridized carbons (Fsp3) is 0.500. The van der Waals surface area contributed by atoms with Crippen molar-refractivity contribution in [3.63, 3.8) is 0 Å². The maximum absolute atomic E-state index is 12.4. The third-order valence-corrected chi connectivity index (χ3v) is 5.51. The number of ether oxygens (including phenoxy) is 2. The van der Waals surface area contributed by atoms with Crippen LogP contribution < -0.4 is 5.32 Å². The van der Waals surface area contributed by atoms with Gasteiger partial charge in [0.05, 0.1) is 12.7 Å². The Hall–Kier alpha value is -2.51. The summed E-state index contributed by atoms with van der Waals surface area (Å²) in [5.41, 5.74) is 1.06. The first-order chi connectivity index (χ1) is 14.3. The van der Waals surface area contributed by atoms with E-state index in [9.17, 15) is 4.79 Å². The predicted octanol–water partition coefficient (Wildman–Crippen LogP) is 3.12. The molecule has 0 aliphatic carbocycles. The van der Waals surface area contributed by atoms with Crippen LogP contribution in [0.3, 0.4) is 0 Å². The molecule has 7 heteroatoms.